The summed E-state index contributed by atoms with van der Waals surface area (Å²) in [6.45, 7) is -1.27. The van der Waals surface area contributed by atoms with E-state index in [2.05, 4.69) is 14.7 Å². The molecule has 0 radical (unpaired) electrons. The van der Waals surface area contributed by atoms with Gasteiger partial charge in [0.25, 0.3) is 5.91 Å². The van der Waals surface area contributed by atoms with Crippen molar-refractivity contribution in [3.8, 4) is 0 Å². The number of halogens is 27. The Kier molecular flexibility index (Phi) is 13.7. The van der Waals surface area contributed by atoms with Crippen molar-refractivity contribution >= 4 is 35.4 Å². The number of nitrogens with one attached hydrogen (secondary N) is 1. The fourth-order valence-corrected chi connectivity index (χ4v) is 4.28. The highest BCUT2D eigenvalue weighted by atomic mass is 19.4. The van der Waals surface area contributed by atoms with Crippen molar-refractivity contribution in [2.24, 2.45) is 9.98 Å². The number of carbonyl (C=O) groups is 2. The second-order valence-electron chi connectivity index (χ2n) is 11.4. The van der Waals surface area contributed by atoms with Crippen molar-refractivity contribution in [3.63, 3.8) is 0 Å². The molecule has 8 nitrogen and oxygen atoms in total. The molecule has 1 aromatic rings. The first-order valence-corrected chi connectivity index (χ1v) is 14.0. The first-order valence-electron chi connectivity index (χ1n) is 14.0. The van der Waals surface area contributed by atoms with Crippen LogP contribution in [0.4, 0.5) is 130 Å². The molecule has 61 heavy (non-hydrogen) atoms. The maximum absolute atomic E-state index is 15.6. The van der Waals surface area contributed by atoms with Crippen LogP contribution < -0.4 is 5.32 Å². The van der Waals surface area contributed by atoms with E-state index in [0.29, 0.717) is 19.1 Å². The first-order chi connectivity index (χ1) is 26.6. The van der Waals surface area contributed by atoms with Crippen molar-refractivity contribution in [2.75, 3.05) is 6.73 Å². The highest BCUT2D eigenvalue weighted by molar-refractivity contribution is 6.02. The molecule has 0 aromatic heterocycles. The number of esters is 1. The minimum atomic E-state index is -9.98. The van der Waals surface area contributed by atoms with Crippen molar-refractivity contribution in [3.05, 3.63) is 22.8 Å². The zero-order valence-electron chi connectivity index (χ0n) is 27.9. The van der Waals surface area contributed by atoms with Gasteiger partial charge >= 0.3 is 83.2 Å². The number of hydrogen-bond acceptors (Lipinski definition) is 7. The van der Waals surface area contributed by atoms with Crippen molar-refractivity contribution in [1.82, 2.24) is 5.32 Å². The zero-order chi connectivity index (χ0) is 49.2. The van der Waals surface area contributed by atoms with Crippen LogP contribution in [0.3, 0.4) is 0 Å². The summed E-state index contributed by atoms with van der Waals surface area (Å²) < 4.78 is 383. The number of aliphatic imine (C=N–C) groups is 2. The van der Waals surface area contributed by atoms with Crippen LogP contribution in [0, 0.1) is 6.92 Å². The van der Waals surface area contributed by atoms with E-state index in [9.17, 15) is 120 Å². The van der Waals surface area contributed by atoms with Gasteiger partial charge in [-0.05, 0) is 18.6 Å². The maximum atomic E-state index is 15.6. The molecule has 0 aliphatic carbocycles. The normalized spacial score (nSPS) is 14.8. The largest absolute Gasteiger partial charge is 0.460 e. The highest BCUT2D eigenvalue weighted by Gasteiger charge is 3.00. The summed E-state index contributed by atoms with van der Waals surface area (Å²) in [4.78, 5) is 50.0. The lowest BCUT2D eigenvalue weighted by Gasteiger charge is -2.46. The van der Waals surface area contributed by atoms with Crippen LogP contribution in [-0.4, -0.2) is 102 Å². The Labute approximate surface area is 314 Å². The Hall–Kier alpha value is -4.97. The van der Waals surface area contributed by atoms with Gasteiger partial charge in [-0.3, -0.25) is 9.59 Å². The number of isocyanates is 2. The third-order valence-electron chi connectivity index (χ3n) is 7.61. The highest BCUT2D eigenvalue weighted by Crippen LogP contribution is 2.69. The molecular formula is C26H10F27N3O5. The Morgan fingerprint density at radius 2 is 0.820 bits per heavy atom. The number of alkyl halides is 27. The van der Waals surface area contributed by atoms with Crippen molar-refractivity contribution in [1.29, 1.82) is 0 Å². The predicted molar refractivity (Wildman–Crippen MR) is 135 cm³/mol. The molecule has 0 atom stereocenters. The minimum Gasteiger partial charge on any atom is -0.445 e. The number of carbonyl (C=O) groups excluding carboxylic acids is 4. The Balaban J connectivity index is 4.31. The van der Waals surface area contributed by atoms with Gasteiger partial charge in [0, 0.05) is 12.5 Å². The van der Waals surface area contributed by atoms with E-state index in [1.54, 1.807) is 0 Å². The molecule has 0 heterocycles. The molecule has 0 aliphatic heterocycles. The average Bonchev–Trinajstić information content (AvgIpc) is 3.07. The molecule has 348 valence electrons. The quantitative estimate of drug-likeness (QED) is 0.0550. The van der Waals surface area contributed by atoms with Gasteiger partial charge in [-0.1, -0.05) is 0 Å². The van der Waals surface area contributed by atoms with Gasteiger partial charge in [0.15, 0.2) is 6.73 Å². The SMILES string of the molecule is CC(=O)OCNC(=O)c1c(N=C=O)cc(N=C=O)c(C)c1C(F)(F)C(F)(F)C(F)(F)C(F)(F)C(F)(F)C(F)(F)C(F)(F)C(F)(F)C(F)(F)C(F)(F)C(F)(F)C(F)(F)C(F)(F)F. The number of amides is 1. The molecular weight excluding hydrogens is 947 g/mol. The van der Waals surface area contributed by atoms with E-state index in [0.717, 1.165) is 5.32 Å². The summed E-state index contributed by atoms with van der Waals surface area (Å²) in [7, 11) is 0. The van der Waals surface area contributed by atoms with E-state index in [4.69, 9.17) is 0 Å². The number of benzene rings is 1. The zero-order valence-corrected chi connectivity index (χ0v) is 27.9. The van der Waals surface area contributed by atoms with Gasteiger partial charge in [-0.25, -0.2) is 9.59 Å². The molecule has 0 saturated carbocycles. The van der Waals surface area contributed by atoms with Gasteiger partial charge < -0.3 is 10.1 Å². The number of nitrogens with zero attached hydrogens (tertiary/aromatic N) is 2. The van der Waals surface area contributed by atoms with Crippen LogP contribution in [0.25, 0.3) is 0 Å². The van der Waals surface area contributed by atoms with Crippen LogP contribution in [0.5, 0.6) is 0 Å². The summed E-state index contributed by atoms with van der Waals surface area (Å²) in [5.74, 6) is -117. The third kappa shape index (κ3) is 7.36. The molecule has 0 fully saturated rings. The lowest BCUT2D eigenvalue weighted by Crippen LogP contribution is -2.78. The third-order valence-corrected chi connectivity index (χ3v) is 7.61. The topological polar surface area (TPSA) is 114 Å². The van der Waals surface area contributed by atoms with Crippen LogP contribution in [0.2, 0.25) is 0 Å². The molecule has 1 amide bonds. The van der Waals surface area contributed by atoms with Gasteiger partial charge in [0.1, 0.15) is 0 Å². The van der Waals surface area contributed by atoms with Gasteiger partial charge in [0.2, 0.25) is 12.2 Å². The number of ether oxygens (including phenoxy) is 1. The standard InChI is InChI=1S/C26H10F27N3O5/c1-7-9(54-4-57)3-10(55-5-58)11(13(60)56-6-61-8(2)59)12(7)14(27,28)15(29,30)16(31,32)17(33,34)18(35,36)19(37,38)20(39,40)21(41,42)22(43,44)23(45,46)24(47,48)25(49,50)26(51,52)53/h3H,6H2,1-2H3,(H,56,60). The van der Waals surface area contributed by atoms with Gasteiger partial charge in [0.05, 0.1) is 16.9 Å². The van der Waals surface area contributed by atoms with E-state index in [1.165, 1.54) is 0 Å². The smallest absolute Gasteiger partial charge is 0.445 e. The van der Waals surface area contributed by atoms with Crippen molar-refractivity contribution < 1.29 is 142 Å². The number of rotatable bonds is 17. The van der Waals surface area contributed by atoms with E-state index < -0.39 is 124 Å². The second-order valence-corrected chi connectivity index (χ2v) is 11.4. The van der Waals surface area contributed by atoms with Gasteiger partial charge in [-0.2, -0.15) is 129 Å². The van der Waals surface area contributed by atoms with Crippen LogP contribution >= 0.6 is 0 Å². The second kappa shape index (κ2) is 15.4. The fourth-order valence-electron chi connectivity index (χ4n) is 4.28. The maximum Gasteiger partial charge on any atom is 0.460 e. The number of hydrogen-bond donors (Lipinski definition) is 1. The molecule has 0 bridgehead atoms. The molecule has 1 rings (SSSR count). The molecule has 0 spiro atoms. The fraction of sp³-hybridized carbons (Fsp3) is 0.615. The molecule has 1 aromatic carbocycles. The van der Waals surface area contributed by atoms with E-state index >= 15 is 17.6 Å². The summed E-state index contributed by atoms with van der Waals surface area (Å²) in [6, 6.07) is -0.118. The Bertz CT molecular complexity index is 1980. The summed E-state index contributed by atoms with van der Waals surface area (Å²) in [5.41, 5.74) is -11.8. The monoisotopic (exact) mass is 957 g/mol. The molecule has 1 N–H and O–H groups in total. The molecule has 0 unspecified atom stereocenters. The Morgan fingerprint density at radius 1 is 0.525 bits per heavy atom. The average molecular weight is 957 g/mol. The Morgan fingerprint density at radius 3 is 1.11 bits per heavy atom. The van der Waals surface area contributed by atoms with Crippen molar-refractivity contribution in [2.45, 2.75) is 91.1 Å². The van der Waals surface area contributed by atoms with Crippen LogP contribution in [-0.2, 0) is 25.0 Å². The predicted octanol–water partition coefficient (Wildman–Crippen LogP) is 9.82. The van der Waals surface area contributed by atoms with E-state index in [1.807, 2.05) is 0 Å². The summed E-state index contributed by atoms with van der Waals surface area (Å²) in [5, 5.41) is 1.14. The minimum absolute atomic E-state index is 0.118. The lowest BCUT2D eigenvalue weighted by atomic mass is 9.82. The molecule has 0 aliphatic rings. The van der Waals surface area contributed by atoms with Crippen LogP contribution in [0.15, 0.2) is 16.1 Å². The molecule has 0 saturated heterocycles. The first kappa shape index (κ1) is 54.0. The van der Waals surface area contributed by atoms with E-state index in [-0.39, 0.29) is 13.0 Å². The summed E-state index contributed by atoms with van der Waals surface area (Å²) >= 11 is 0. The van der Waals surface area contributed by atoms with Crippen LogP contribution in [0.1, 0.15) is 28.4 Å². The lowest BCUT2D eigenvalue weighted by molar-refractivity contribution is -0.485. The molecule has 35 heteroatoms. The van der Waals surface area contributed by atoms with Gasteiger partial charge in [-0.15, -0.1) is 0 Å². The summed E-state index contributed by atoms with van der Waals surface area (Å²) in [6.07, 6.45) is -7.59.